The van der Waals surface area contributed by atoms with Crippen LogP contribution in [0.25, 0.3) is 0 Å². The van der Waals surface area contributed by atoms with Crippen molar-refractivity contribution < 1.29 is 9.53 Å². The van der Waals surface area contributed by atoms with Gasteiger partial charge in [0.1, 0.15) is 5.69 Å². The summed E-state index contributed by atoms with van der Waals surface area (Å²) < 4.78 is 7.32. The van der Waals surface area contributed by atoms with Crippen LogP contribution in [0.3, 0.4) is 0 Å². The topological polar surface area (TPSA) is 56.2 Å². The number of amides is 1. The average molecular weight is 249 g/mol. The van der Waals surface area contributed by atoms with E-state index in [9.17, 15) is 4.79 Å². The fourth-order valence-corrected chi connectivity index (χ4v) is 2.60. The summed E-state index contributed by atoms with van der Waals surface area (Å²) >= 11 is 0. The van der Waals surface area contributed by atoms with Gasteiger partial charge in [0.05, 0.1) is 6.61 Å². The molecule has 0 saturated carbocycles. The van der Waals surface area contributed by atoms with E-state index in [0.29, 0.717) is 12.2 Å². The minimum Gasteiger partial charge on any atom is -0.381 e. The van der Waals surface area contributed by atoms with E-state index >= 15 is 0 Å². The molecule has 18 heavy (non-hydrogen) atoms. The molecular weight excluding hydrogens is 230 g/mol. The monoisotopic (exact) mass is 249 g/mol. The molecule has 3 rings (SSSR count). The van der Waals surface area contributed by atoms with Gasteiger partial charge in [-0.2, -0.15) is 5.10 Å². The number of nitrogens with one attached hydrogen (secondary N) is 1. The highest BCUT2D eigenvalue weighted by Gasteiger charge is 2.30. The van der Waals surface area contributed by atoms with Crippen molar-refractivity contribution >= 4 is 5.91 Å². The van der Waals surface area contributed by atoms with E-state index in [0.717, 1.165) is 39.0 Å². The molecule has 2 aliphatic rings. The zero-order valence-electron chi connectivity index (χ0n) is 10.7. The number of ether oxygens (including phenoxy) is 1. The van der Waals surface area contributed by atoms with Gasteiger partial charge in [-0.15, -0.1) is 0 Å². The van der Waals surface area contributed by atoms with Crippen LogP contribution >= 0.6 is 0 Å². The minimum atomic E-state index is -0.0648. The maximum atomic E-state index is 12.0. The maximum Gasteiger partial charge on any atom is 0.271 e. The van der Waals surface area contributed by atoms with E-state index in [1.54, 1.807) is 0 Å². The number of nitrogens with zero attached hydrogens (tertiary/aromatic N) is 2. The van der Waals surface area contributed by atoms with Crippen LogP contribution in [-0.4, -0.2) is 35.4 Å². The average Bonchev–Trinajstić information content (AvgIpc) is 3.00. The summed E-state index contributed by atoms with van der Waals surface area (Å²) in [6.07, 6.45) is 3.18. The first-order valence-electron chi connectivity index (χ1n) is 6.59. The fraction of sp³-hybridized carbons (Fsp3) is 0.692. The number of carbonyl (C=O) groups is 1. The summed E-state index contributed by atoms with van der Waals surface area (Å²) in [7, 11) is 0. The molecule has 5 nitrogen and oxygen atoms in total. The van der Waals surface area contributed by atoms with Crippen molar-refractivity contribution in [3.8, 4) is 0 Å². The number of fused-ring (bicyclic) bond motifs is 1. The van der Waals surface area contributed by atoms with Gasteiger partial charge in [0, 0.05) is 30.8 Å². The molecule has 1 N–H and O–H groups in total. The number of aryl methyl sites for hydroxylation is 2. The maximum absolute atomic E-state index is 12.0. The third-order valence-corrected chi connectivity index (χ3v) is 3.87. The molecule has 0 radical (unpaired) electrons. The van der Waals surface area contributed by atoms with Gasteiger partial charge in [-0.3, -0.25) is 9.48 Å². The van der Waals surface area contributed by atoms with Crippen LogP contribution in [0.2, 0.25) is 0 Å². The smallest absolute Gasteiger partial charge is 0.271 e. The Labute approximate surface area is 107 Å². The SMILES string of the molecule is CC1(CNC(=O)c2cc3n(n2)CCC3)CCOC1. The Bertz CT molecular complexity index is 439. The zero-order valence-corrected chi connectivity index (χ0v) is 10.7. The van der Waals surface area contributed by atoms with Gasteiger partial charge in [-0.1, -0.05) is 6.92 Å². The van der Waals surface area contributed by atoms with Crippen LogP contribution in [0, 0.1) is 5.41 Å². The summed E-state index contributed by atoms with van der Waals surface area (Å²) in [6, 6.07) is 1.91. The van der Waals surface area contributed by atoms with E-state index in [1.165, 1.54) is 5.69 Å². The molecule has 0 bridgehead atoms. The summed E-state index contributed by atoms with van der Waals surface area (Å²) in [5, 5.41) is 7.31. The quantitative estimate of drug-likeness (QED) is 0.869. The second kappa shape index (κ2) is 4.39. The number of carbonyl (C=O) groups excluding carboxylic acids is 1. The molecule has 3 heterocycles. The van der Waals surface area contributed by atoms with E-state index in [-0.39, 0.29) is 11.3 Å². The van der Waals surface area contributed by atoms with Crippen molar-refractivity contribution in [2.75, 3.05) is 19.8 Å². The Balaban J connectivity index is 1.60. The molecule has 1 atom stereocenters. The highest BCUT2D eigenvalue weighted by Crippen LogP contribution is 2.26. The Morgan fingerprint density at radius 3 is 3.28 bits per heavy atom. The lowest BCUT2D eigenvalue weighted by Gasteiger charge is -2.21. The Morgan fingerprint density at radius 1 is 1.67 bits per heavy atom. The summed E-state index contributed by atoms with van der Waals surface area (Å²) in [4.78, 5) is 12.0. The largest absolute Gasteiger partial charge is 0.381 e. The lowest BCUT2D eigenvalue weighted by molar-refractivity contribution is 0.0919. The standard InChI is InChI=1S/C13H19N3O2/c1-13(4-6-18-9-13)8-14-12(17)11-7-10-3-2-5-16(10)15-11/h7H,2-6,8-9H2,1H3,(H,14,17). The van der Waals surface area contributed by atoms with Crippen LogP contribution < -0.4 is 5.32 Å². The van der Waals surface area contributed by atoms with Crippen molar-refractivity contribution in [3.63, 3.8) is 0 Å². The van der Waals surface area contributed by atoms with Crippen LogP contribution in [0.15, 0.2) is 6.07 Å². The van der Waals surface area contributed by atoms with Crippen molar-refractivity contribution in [2.45, 2.75) is 32.7 Å². The fourth-order valence-electron chi connectivity index (χ4n) is 2.60. The van der Waals surface area contributed by atoms with Crippen LogP contribution in [0.5, 0.6) is 0 Å². The van der Waals surface area contributed by atoms with E-state index in [1.807, 2.05) is 10.7 Å². The van der Waals surface area contributed by atoms with Crippen LogP contribution in [-0.2, 0) is 17.7 Å². The van der Waals surface area contributed by atoms with Gasteiger partial charge in [0.15, 0.2) is 0 Å². The molecule has 0 spiro atoms. The summed E-state index contributed by atoms with van der Waals surface area (Å²) in [6.45, 7) is 5.27. The first kappa shape index (κ1) is 11.7. The van der Waals surface area contributed by atoms with Crippen LogP contribution in [0.4, 0.5) is 0 Å². The normalized spacial score (nSPS) is 26.3. The van der Waals surface area contributed by atoms with Gasteiger partial charge < -0.3 is 10.1 Å². The third kappa shape index (κ3) is 2.14. The Morgan fingerprint density at radius 2 is 2.56 bits per heavy atom. The van der Waals surface area contributed by atoms with E-state index in [4.69, 9.17) is 4.74 Å². The zero-order chi connectivity index (χ0) is 12.6. The minimum absolute atomic E-state index is 0.0648. The molecule has 1 saturated heterocycles. The van der Waals surface area contributed by atoms with Gasteiger partial charge in [0.2, 0.25) is 0 Å². The predicted octanol–water partition coefficient (Wildman–Crippen LogP) is 0.986. The highest BCUT2D eigenvalue weighted by atomic mass is 16.5. The second-order valence-electron chi connectivity index (χ2n) is 5.64. The van der Waals surface area contributed by atoms with Gasteiger partial charge in [-0.05, 0) is 25.3 Å². The lowest BCUT2D eigenvalue weighted by Crippen LogP contribution is -2.36. The van der Waals surface area contributed by atoms with Gasteiger partial charge >= 0.3 is 0 Å². The Kier molecular flexibility index (Phi) is 2.86. The molecule has 1 amide bonds. The number of aromatic nitrogens is 2. The molecular formula is C13H19N3O2. The van der Waals surface area contributed by atoms with E-state index < -0.39 is 0 Å². The summed E-state index contributed by atoms with van der Waals surface area (Å²) in [5.74, 6) is -0.0648. The van der Waals surface area contributed by atoms with Crippen molar-refractivity contribution in [1.29, 1.82) is 0 Å². The molecule has 1 aromatic heterocycles. The van der Waals surface area contributed by atoms with Crippen molar-refractivity contribution in [2.24, 2.45) is 5.41 Å². The molecule has 1 aromatic rings. The number of hydrogen-bond donors (Lipinski definition) is 1. The third-order valence-electron chi connectivity index (χ3n) is 3.87. The van der Waals surface area contributed by atoms with Gasteiger partial charge in [0.25, 0.3) is 5.91 Å². The molecule has 5 heteroatoms. The number of hydrogen-bond acceptors (Lipinski definition) is 3. The summed E-state index contributed by atoms with van der Waals surface area (Å²) in [5.41, 5.74) is 1.81. The second-order valence-corrected chi connectivity index (χ2v) is 5.64. The molecule has 2 aliphatic heterocycles. The molecule has 1 unspecified atom stereocenters. The first-order chi connectivity index (χ1) is 8.66. The number of rotatable bonds is 3. The Hall–Kier alpha value is -1.36. The molecule has 1 fully saturated rings. The molecule has 98 valence electrons. The highest BCUT2D eigenvalue weighted by molar-refractivity contribution is 5.92. The molecule has 0 aromatic carbocycles. The van der Waals surface area contributed by atoms with E-state index in [2.05, 4.69) is 17.3 Å². The van der Waals surface area contributed by atoms with Crippen molar-refractivity contribution in [1.82, 2.24) is 15.1 Å². The molecule has 0 aliphatic carbocycles. The predicted molar refractivity (Wildman–Crippen MR) is 66.4 cm³/mol. The van der Waals surface area contributed by atoms with Crippen LogP contribution in [0.1, 0.15) is 35.9 Å². The lowest BCUT2D eigenvalue weighted by atomic mass is 9.90. The van der Waals surface area contributed by atoms with Gasteiger partial charge in [-0.25, -0.2) is 0 Å². The first-order valence-corrected chi connectivity index (χ1v) is 6.59. The van der Waals surface area contributed by atoms with Crippen molar-refractivity contribution in [3.05, 3.63) is 17.5 Å².